The molecule has 21 heavy (non-hydrogen) atoms. The Morgan fingerprint density at radius 1 is 0.952 bits per heavy atom. The summed E-state index contributed by atoms with van der Waals surface area (Å²) in [5.41, 5.74) is -0.0849. The van der Waals surface area contributed by atoms with Gasteiger partial charge >= 0.3 is 6.18 Å². The number of anilines is 1. The van der Waals surface area contributed by atoms with Gasteiger partial charge in [0.15, 0.2) is 11.6 Å². The molecule has 0 amide bonds. The van der Waals surface area contributed by atoms with Crippen LogP contribution in [0.2, 0.25) is 0 Å². The van der Waals surface area contributed by atoms with Gasteiger partial charge in [-0.1, -0.05) is 12.1 Å². The molecule has 0 aliphatic rings. The molecule has 0 saturated heterocycles. The zero-order valence-electron chi connectivity index (χ0n) is 11.0. The van der Waals surface area contributed by atoms with Crippen LogP contribution in [-0.2, 0) is 6.18 Å². The molecule has 112 valence electrons. The summed E-state index contributed by atoms with van der Waals surface area (Å²) in [5.74, 6) is -1.96. The molecule has 0 radical (unpaired) electrons. The normalized spacial score (nSPS) is 13.0. The number of benzene rings is 2. The van der Waals surface area contributed by atoms with Gasteiger partial charge in [0, 0.05) is 11.7 Å². The molecule has 0 spiro atoms. The molecular weight excluding hydrogens is 289 g/mol. The quantitative estimate of drug-likeness (QED) is 0.772. The topological polar surface area (TPSA) is 12.0 Å². The maximum Gasteiger partial charge on any atom is 0.416 e. The molecule has 0 aliphatic heterocycles. The van der Waals surface area contributed by atoms with E-state index in [1.165, 1.54) is 18.2 Å². The van der Waals surface area contributed by atoms with Crippen molar-refractivity contribution in [2.45, 2.75) is 19.1 Å². The first kappa shape index (κ1) is 15.3. The molecule has 2 aromatic rings. The van der Waals surface area contributed by atoms with Crippen LogP contribution in [-0.4, -0.2) is 0 Å². The van der Waals surface area contributed by atoms with Gasteiger partial charge in [0.2, 0.25) is 0 Å². The summed E-state index contributed by atoms with van der Waals surface area (Å²) < 4.78 is 63.8. The predicted molar refractivity (Wildman–Crippen MR) is 69.8 cm³/mol. The summed E-state index contributed by atoms with van der Waals surface area (Å²) in [4.78, 5) is 0. The van der Waals surface area contributed by atoms with Gasteiger partial charge in [0.05, 0.1) is 5.56 Å². The van der Waals surface area contributed by atoms with E-state index < -0.39 is 29.4 Å². The molecule has 0 heterocycles. The third-order valence-electron chi connectivity index (χ3n) is 3.02. The van der Waals surface area contributed by atoms with Crippen molar-refractivity contribution in [3.8, 4) is 0 Å². The third-order valence-corrected chi connectivity index (χ3v) is 3.02. The largest absolute Gasteiger partial charge is 0.416 e. The number of hydrogen-bond donors (Lipinski definition) is 1. The van der Waals surface area contributed by atoms with E-state index in [0.717, 1.165) is 24.3 Å². The van der Waals surface area contributed by atoms with Crippen LogP contribution in [0.5, 0.6) is 0 Å². The second kappa shape index (κ2) is 5.71. The molecule has 0 saturated carbocycles. The zero-order valence-corrected chi connectivity index (χ0v) is 11.0. The van der Waals surface area contributed by atoms with Crippen molar-refractivity contribution in [3.63, 3.8) is 0 Å². The molecule has 2 rings (SSSR count). The molecule has 0 fully saturated rings. The van der Waals surface area contributed by atoms with E-state index in [2.05, 4.69) is 5.32 Å². The minimum Gasteiger partial charge on any atom is -0.379 e. The lowest BCUT2D eigenvalue weighted by molar-refractivity contribution is -0.137. The average Bonchev–Trinajstić information content (AvgIpc) is 2.41. The Morgan fingerprint density at radius 2 is 1.67 bits per heavy atom. The number of alkyl halides is 3. The van der Waals surface area contributed by atoms with E-state index >= 15 is 0 Å². The van der Waals surface area contributed by atoms with Gasteiger partial charge in [0.1, 0.15) is 0 Å². The number of hydrogen-bond acceptors (Lipinski definition) is 1. The lowest BCUT2D eigenvalue weighted by Gasteiger charge is -2.17. The Labute approximate surface area is 118 Å². The highest BCUT2D eigenvalue weighted by Gasteiger charge is 2.30. The van der Waals surface area contributed by atoms with Crippen molar-refractivity contribution in [2.24, 2.45) is 0 Å². The van der Waals surface area contributed by atoms with Gasteiger partial charge < -0.3 is 5.32 Å². The molecule has 6 heteroatoms. The van der Waals surface area contributed by atoms with Crippen molar-refractivity contribution in [2.75, 3.05) is 5.32 Å². The summed E-state index contributed by atoms with van der Waals surface area (Å²) in [7, 11) is 0. The maximum absolute atomic E-state index is 13.1. The molecule has 1 atom stereocenters. The first-order chi connectivity index (χ1) is 9.77. The SMILES string of the molecule is CC(Nc1cccc(C(F)(F)F)c1)c1ccc(F)c(F)c1. The van der Waals surface area contributed by atoms with E-state index in [1.807, 2.05) is 0 Å². The van der Waals surface area contributed by atoms with E-state index in [1.54, 1.807) is 6.92 Å². The van der Waals surface area contributed by atoms with Crippen molar-refractivity contribution in [1.82, 2.24) is 0 Å². The van der Waals surface area contributed by atoms with Gasteiger partial charge in [-0.25, -0.2) is 8.78 Å². The molecule has 0 aromatic heterocycles. The molecule has 1 N–H and O–H groups in total. The molecule has 2 aromatic carbocycles. The average molecular weight is 301 g/mol. The summed E-state index contributed by atoms with van der Waals surface area (Å²) in [5, 5.41) is 2.83. The zero-order chi connectivity index (χ0) is 15.6. The van der Waals surface area contributed by atoms with E-state index in [4.69, 9.17) is 0 Å². The summed E-state index contributed by atoms with van der Waals surface area (Å²) in [6.45, 7) is 1.65. The summed E-state index contributed by atoms with van der Waals surface area (Å²) in [6.07, 6.45) is -4.43. The van der Waals surface area contributed by atoms with E-state index in [0.29, 0.717) is 5.56 Å². The lowest BCUT2D eigenvalue weighted by Crippen LogP contribution is -2.09. The van der Waals surface area contributed by atoms with Crippen LogP contribution >= 0.6 is 0 Å². The molecule has 1 unspecified atom stereocenters. The Kier molecular flexibility index (Phi) is 4.16. The predicted octanol–water partition coefficient (Wildman–Crippen LogP) is 5.16. The highest BCUT2D eigenvalue weighted by atomic mass is 19.4. The standard InChI is InChI=1S/C15H12F5N/c1-9(10-5-6-13(16)14(17)7-10)21-12-4-2-3-11(8-12)15(18,19)20/h2-9,21H,1H3. The highest BCUT2D eigenvalue weighted by molar-refractivity contribution is 5.48. The van der Waals surface area contributed by atoms with Gasteiger partial charge in [-0.3, -0.25) is 0 Å². The Bertz CT molecular complexity index is 636. The van der Waals surface area contributed by atoms with Crippen molar-refractivity contribution < 1.29 is 22.0 Å². The van der Waals surface area contributed by atoms with Crippen LogP contribution in [0.1, 0.15) is 24.1 Å². The highest BCUT2D eigenvalue weighted by Crippen LogP contribution is 2.31. The smallest absolute Gasteiger partial charge is 0.379 e. The van der Waals surface area contributed by atoms with Crippen molar-refractivity contribution in [1.29, 1.82) is 0 Å². The third kappa shape index (κ3) is 3.71. The van der Waals surface area contributed by atoms with Crippen molar-refractivity contribution >= 4 is 5.69 Å². The van der Waals surface area contributed by atoms with Gasteiger partial charge in [-0.2, -0.15) is 13.2 Å². The van der Waals surface area contributed by atoms with Gasteiger partial charge in [0.25, 0.3) is 0 Å². The monoisotopic (exact) mass is 301 g/mol. The second-order valence-electron chi connectivity index (χ2n) is 4.62. The second-order valence-corrected chi connectivity index (χ2v) is 4.62. The van der Waals surface area contributed by atoms with E-state index in [-0.39, 0.29) is 5.69 Å². The number of halogens is 5. The Morgan fingerprint density at radius 3 is 2.29 bits per heavy atom. The van der Waals surface area contributed by atoms with Gasteiger partial charge in [-0.05, 0) is 42.8 Å². The van der Waals surface area contributed by atoms with Gasteiger partial charge in [-0.15, -0.1) is 0 Å². The van der Waals surface area contributed by atoms with Crippen LogP contribution < -0.4 is 5.32 Å². The number of nitrogens with one attached hydrogen (secondary N) is 1. The minimum absolute atomic E-state index is 0.252. The first-order valence-electron chi connectivity index (χ1n) is 6.16. The Hall–Kier alpha value is -2.11. The molecule has 0 aliphatic carbocycles. The fraction of sp³-hybridized carbons (Fsp3) is 0.200. The van der Waals surface area contributed by atoms with Crippen LogP contribution in [0.4, 0.5) is 27.6 Å². The number of rotatable bonds is 3. The van der Waals surface area contributed by atoms with Crippen LogP contribution in [0.15, 0.2) is 42.5 Å². The minimum atomic E-state index is -4.43. The Balaban J connectivity index is 2.19. The lowest BCUT2D eigenvalue weighted by atomic mass is 10.1. The molecular formula is C15H12F5N. The fourth-order valence-electron chi connectivity index (χ4n) is 1.90. The maximum atomic E-state index is 13.1. The first-order valence-corrected chi connectivity index (χ1v) is 6.16. The van der Waals surface area contributed by atoms with E-state index in [9.17, 15) is 22.0 Å². The summed E-state index contributed by atoms with van der Waals surface area (Å²) in [6, 6.07) is 7.60. The van der Waals surface area contributed by atoms with Crippen molar-refractivity contribution in [3.05, 3.63) is 65.2 Å². The van der Waals surface area contributed by atoms with Crippen LogP contribution in [0, 0.1) is 11.6 Å². The molecule has 1 nitrogen and oxygen atoms in total. The van der Waals surface area contributed by atoms with Crippen LogP contribution in [0.25, 0.3) is 0 Å². The molecule has 0 bridgehead atoms. The summed E-state index contributed by atoms with van der Waals surface area (Å²) >= 11 is 0. The fourth-order valence-corrected chi connectivity index (χ4v) is 1.90. The van der Waals surface area contributed by atoms with Crippen LogP contribution in [0.3, 0.4) is 0 Å².